The van der Waals surface area contributed by atoms with Crippen LogP contribution in [-0.2, 0) is 11.2 Å². The number of nitrogens with one attached hydrogen (secondary N) is 1. The first-order valence-corrected chi connectivity index (χ1v) is 5.63. The van der Waals surface area contributed by atoms with E-state index < -0.39 is 0 Å². The summed E-state index contributed by atoms with van der Waals surface area (Å²) in [6.45, 7) is 3.55. The molecule has 0 saturated heterocycles. The largest absolute Gasteiger partial charge is 0.345 e. The van der Waals surface area contributed by atoms with Crippen LogP contribution in [0, 0.1) is 6.92 Å². The van der Waals surface area contributed by atoms with Crippen LogP contribution in [0.2, 0.25) is 0 Å². The normalized spacial score (nSPS) is 10.5. The molecule has 0 aliphatic heterocycles. The van der Waals surface area contributed by atoms with Crippen molar-refractivity contribution in [2.24, 2.45) is 0 Å². The Morgan fingerprint density at radius 2 is 2.40 bits per heavy atom. The van der Waals surface area contributed by atoms with Crippen molar-refractivity contribution in [3.8, 4) is 10.6 Å². The van der Waals surface area contributed by atoms with Crippen molar-refractivity contribution >= 4 is 17.1 Å². The lowest BCUT2D eigenvalue weighted by Crippen LogP contribution is -1.97. The van der Waals surface area contributed by atoms with Crippen molar-refractivity contribution in [1.29, 1.82) is 0 Å². The number of ketones is 1. The fourth-order valence-electron chi connectivity index (χ4n) is 1.50. The molecule has 15 heavy (non-hydrogen) atoms. The van der Waals surface area contributed by atoms with Crippen LogP contribution in [0.25, 0.3) is 10.6 Å². The average Bonchev–Trinajstić information content (AvgIpc) is 2.72. The summed E-state index contributed by atoms with van der Waals surface area (Å²) in [4.78, 5) is 19.7. The van der Waals surface area contributed by atoms with Crippen molar-refractivity contribution in [2.75, 3.05) is 0 Å². The van der Waals surface area contributed by atoms with Gasteiger partial charge < -0.3 is 4.98 Å². The predicted octanol–water partition coefficient (Wildman–Crippen LogP) is 2.58. The fraction of sp³-hybridized carbons (Fsp3) is 0.273. The minimum atomic E-state index is 0.126. The number of carbonyl (C=O) groups is 1. The minimum Gasteiger partial charge on any atom is -0.345 e. The fourth-order valence-corrected chi connectivity index (χ4v) is 2.27. The van der Waals surface area contributed by atoms with E-state index in [-0.39, 0.29) is 5.78 Å². The highest BCUT2D eigenvalue weighted by atomic mass is 32.1. The van der Waals surface area contributed by atoms with E-state index in [9.17, 15) is 4.79 Å². The predicted molar refractivity (Wildman–Crippen MR) is 61.0 cm³/mol. The van der Waals surface area contributed by atoms with E-state index in [0.29, 0.717) is 6.42 Å². The molecular weight excluding hydrogens is 208 g/mol. The number of nitrogens with zero attached hydrogens (tertiary/aromatic N) is 1. The first kappa shape index (κ1) is 10.1. The standard InChI is InChI=1S/C11H12N2OS/c1-7(14)6-10-12-8(2)11(13-10)9-4-3-5-15-9/h3-5H,6H2,1-2H3,(H,12,13). The molecular formula is C11H12N2OS. The molecule has 0 aliphatic rings. The Bertz CT molecular complexity index is 471. The number of aryl methyl sites for hydroxylation is 1. The van der Waals surface area contributed by atoms with Crippen LogP contribution in [0.4, 0.5) is 0 Å². The van der Waals surface area contributed by atoms with E-state index in [2.05, 4.69) is 9.97 Å². The Balaban J connectivity index is 2.34. The molecule has 2 aromatic rings. The van der Waals surface area contributed by atoms with Crippen molar-refractivity contribution in [3.63, 3.8) is 0 Å². The monoisotopic (exact) mass is 220 g/mol. The molecule has 0 aromatic carbocycles. The van der Waals surface area contributed by atoms with Gasteiger partial charge in [0.25, 0.3) is 0 Å². The second-order valence-corrected chi connectivity index (χ2v) is 4.46. The first-order chi connectivity index (χ1) is 7.16. The number of carbonyl (C=O) groups excluding carboxylic acids is 1. The number of hydrogen-bond acceptors (Lipinski definition) is 3. The maximum Gasteiger partial charge on any atom is 0.137 e. The third kappa shape index (κ3) is 2.15. The van der Waals surface area contributed by atoms with Crippen molar-refractivity contribution < 1.29 is 4.79 Å². The van der Waals surface area contributed by atoms with Gasteiger partial charge in [0.15, 0.2) is 0 Å². The van der Waals surface area contributed by atoms with E-state index in [1.165, 1.54) is 0 Å². The average molecular weight is 220 g/mol. The summed E-state index contributed by atoms with van der Waals surface area (Å²) >= 11 is 1.65. The van der Waals surface area contributed by atoms with Gasteiger partial charge in [-0.05, 0) is 25.3 Å². The van der Waals surface area contributed by atoms with Crippen molar-refractivity contribution in [1.82, 2.24) is 9.97 Å². The highest BCUT2D eigenvalue weighted by molar-refractivity contribution is 7.13. The second-order valence-electron chi connectivity index (χ2n) is 3.51. The van der Waals surface area contributed by atoms with Gasteiger partial charge in [-0.2, -0.15) is 0 Å². The summed E-state index contributed by atoms with van der Waals surface area (Å²) in [5, 5.41) is 2.02. The van der Waals surface area contributed by atoms with Crippen LogP contribution in [-0.4, -0.2) is 15.8 Å². The summed E-state index contributed by atoms with van der Waals surface area (Å²) in [7, 11) is 0. The maximum absolute atomic E-state index is 11.0. The number of imidazole rings is 1. The van der Waals surface area contributed by atoms with Crippen LogP contribution >= 0.6 is 11.3 Å². The smallest absolute Gasteiger partial charge is 0.137 e. The molecule has 0 radical (unpaired) electrons. The van der Waals surface area contributed by atoms with Crippen LogP contribution in [0.1, 0.15) is 18.4 Å². The Labute approximate surface area is 92.2 Å². The van der Waals surface area contributed by atoms with E-state index in [1.807, 2.05) is 24.4 Å². The number of rotatable bonds is 3. The van der Waals surface area contributed by atoms with Gasteiger partial charge in [0.05, 0.1) is 11.3 Å². The number of aromatic nitrogens is 2. The van der Waals surface area contributed by atoms with Gasteiger partial charge in [-0.1, -0.05) is 6.07 Å². The highest BCUT2D eigenvalue weighted by Gasteiger charge is 2.10. The molecule has 2 aromatic heterocycles. The molecule has 0 saturated carbocycles. The molecule has 0 amide bonds. The maximum atomic E-state index is 11.0. The van der Waals surface area contributed by atoms with Gasteiger partial charge >= 0.3 is 0 Å². The summed E-state index contributed by atoms with van der Waals surface area (Å²) in [6.07, 6.45) is 0.381. The Hall–Kier alpha value is -1.42. The Morgan fingerprint density at radius 1 is 1.60 bits per heavy atom. The lowest BCUT2D eigenvalue weighted by Gasteiger charge is -1.90. The van der Waals surface area contributed by atoms with Crippen molar-refractivity contribution in [2.45, 2.75) is 20.3 Å². The zero-order valence-corrected chi connectivity index (χ0v) is 9.52. The number of H-pyrrole nitrogens is 1. The molecule has 2 rings (SSSR count). The topological polar surface area (TPSA) is 45.8 Å². The molecule has 0 bridgehead atoms. The van der Waals surface area contributed by atoms with E-state index >= 15 is 0 Å². The number of Topliss-reactive ketones (excluding diaryl/α,β-unsaturated/α-hetero) is 1. The van der Waals surface area contributed by atoms with Crippen LogP contribution in [0.3, 0.4) is 0 Å². The van der Waals surface area contributed by atoms with Gasteiger partial charge in [0, 0.05) is 5.69 Å². The van der Waals surface area contributed by atoms with Gasteiger partial charge in [-0.25, -0.2) is 4.98 Å². The molecule has 3 nitrogen and oxygen atoms in total. The third-order valence-corrected chi connectivity index (χ3v) is 2.98. The van der Waals surface area contributed by atoms with E-state index in [4.69, 9.17) is 0 Å². The van der Waals surface area contributed by atoms with Gasteiger partial charge in [0.1, 0.15) is 17.3 Å². The molecule has 0 fully saturated rings. The summed E-state index contributed by atoms with van der Waals surface area (Å²) in [5.74, 6) is 0.880. The zero-order chi connectivity index (χ0) is 10.8. The number of aromatic amines is 1. The molecule has 0 unspecified atom stereocenters. The molecule has 4 heteroatoms. The minimum absolute atomic E-state index is 0.126. The molecule has 2 heterocycles. The SMILES string of the molecule is CC(=O)Cc1nc(-c2cccs2)c(C)[nH]1. The van der Waals surface area contributed by atoms with Gasteiger partial charge in [-0.3, -0.25) is 4.79 Å². The second kappa shape index (κ2) is 3.98. The summed E-state index contributed by atoms with van der Waals surface area (Å²) < 4.78 is 0. The quantitative estimate of drug-likeness (QED) is 0.864. The zero-order valence-electron chi connectivity index (χ0n) is 8.70. The summed E-state index contributed by atoms with van der Waals surface area (Å²) in [5.41, 5.74) is 1.98. The lowest BCUT2D eigenvalue weighted by molar-refractivity contribution is -0.116. The number of thiophene rings is 1. The van der Waals surface area contributed by atoms with E-state index in [1.54, 1.807) is 18.3 Å². The van der Waals surface area contributed by atoms with Crippen LogP contribution < -0.4 is 0 Å². The van der Waals surface area contributed by atoms with Crippen LogP contribution in [0.5, 0.6) is 0 Å². The molecule has 0 spiro atoms. The molecule has 78 valence electrons. The third-order valence-electron chi connectivity index (χ3n) is 2.10. The number of hydrogen-bond donors (Lipinski definition) is 1. The van der Waals surface area contributed by atoms with Gasteiger partial charge in [0.2, 0.25) is 0 Å². The van der Waals surface area contributed by atoms with Crippen LogP contribution in [0.15, 0.2) is 17.5 Å². The summed E-state index contributed by atoms with van der Waals surface area (Å²) in [6, 6.07) is 4.03. The van der Waals surface area contributed by atoms with Gasteiger partial charge in [-0.15, -0.1) is 11.3 Å². The highest BCUT2D eigenvalue weighted by Crippen LogP contribution is 2.25. The molecule has 1 N–H and O–H groups in total. The molecule has 0 atom stereocenters. The molecule has 0 aliphatic carbocycles. The van der Waals surface area contributed by atoms with E-state index in [0.717, 1.165) is 22.1 Å². The Morgan fingerprint density at radius 3 is 3.00 bits per heavy atom. The lowest BCUT2D eigenvalue weighted by atomic mass is 10.3. The Kier molecular flexibility index (Phi) is 2.68. The van der Waals surface area contributed by atoms with Crippen molar-refractivity contribution in [3.05, 3.63) is 29.0 Å². The first-order valence-electron chi connectivity index (χ1n) is 4.75.